The summed E-state index contributed by atoms with van der Waals surface area (Å²) in [5.41, 5.74) is -0.173. The Morgan fingerprint density at radius 3 is 2.86 bits per heavy atom. The normalized spacial score (nSPS) is 14.0. The fourth-order valence-corrected chi connectivity index (χ4v) is 2.77. The lowest BCUT2D eigenvalue weighted by Crippen LogP contribution is -1.92. The molecule has 2 heterocycles. The van der Waals surface area contributed by atoms with Gasteiger partial charge in [0.15, 0.2) is 11.5 Å². The second-order valence-electron chi connectivity index (χ2n) is 4.37. The molecular weight excluding hydrogens is 298 g/mol. The highest BCUT2D eigenvalue weighted by Gasteiger charge is 2.24. The van der Waals surface area contributed by atoms with Crippen LogP contribution in [0, 0.1) is 10.1 Å². The summed E-state index contributed by atoms with van der Waals surface area (Å²) in [6.07, 6.45) is -0.789. The second-order valence-corrected chi connectivity index (χ2v) is 5.42. The minimum absolute atomic E-state index is 0.120. The molecule has 0 saturated carbocycles. The van der Waals surface area contributed by atoms with E-state index in [0.29, 0.717) is 22.1 Å². The number of thiophene rings is 1. The molecule has 0 fully saturated rings. The van der Waals surface area contributed by atoms with Crippen molar-refractivity contribution in [2.45, 2.75) is 13.0 Å². The summed E-state index contributed by atoms with van der Waals surface area (Å²) in [4.78, 5) is 11.0. The van der Waals surface area contributed by atoms with E-state index < -0.39 is 11.0 Å². The van der Waals surface area contributed by atoms with Gasteiger partial charge in [-0.1, -0.05) is 11.3 Å². The number of rotatable bonds is 4. The lowest BCUT2D eigenvalue weighted by Gasteiger charge is -2.04. The second kappa shape index (κ2) is 5.23. The molecule has 1 aliphatic heterocycles. The summed E-state index contributed by atoms with van der Waals surface area (Å²) in [6, 6.07) is 6.23. The molecule has 0 aliphatic carbocycles. The minimum Gasteiger partial charge on any atom is -0.454 e. The average molecular weight is 309 g/mol. The van der Waals surface area contributed by atoms with Crippen LogP contribution < -0.4 is 14.2 Å². The molecule has 3 rings (SSSR count). The van der Waals surface area contributed by atoms with E-state index in [2.05, 4.69) is 0 Å². The molecule has 0 amide bonds. The van der Waals surface area contributed by atoms with Gasteiger partial charge in [-0.15, -0.1) is 0 Å². The van der Waals surface area contributed by atoms with Crippen LogP contribution in [-0.2, 0) is 0 Å². The maximum absolute atomic E-state index is 11.0. The van der Waals surface area contributed by atoms with E-state index in [4.69, 9.17) is 14.2 Å². The predicted octanol–water partition coefficient (Wildman–Crippen LogP) is 3.23. The van der Waals surface area contributed by atoms with E-state index in [-0.39, 0.29) is 17.5 Å². The van der Waals surface area contributed by atoms with Gasteiger partial charge in [0, 0.05) is 17.0 Å². The van der Waals surface area contributed by atoms with Crippen LogP contribution in [0.25, 0.3) is 0 Å². The van der Waals surface area contributed by atoms with Gasteiger partial charge in [0.05, 0.1) is 11.0 Å². The number of aliphatic hydroxyl groups is 1. The summed E-state index contributed by atoms with van der Waals surface area (Å²) < 4.78 is 16.0. The summed E-state index contributed by atoms with van der Waals surface area (Å²) in [5, 5.41) is 20.7. The zero-order chi connectivity index (χ0) is 15.0. The average Bonchev–Trinajstić information content (AvgIpc) is 3.04. The molecule has 2 aromatic rings. The maximum atomic E-state index is 11.0. The van der Waals surface area contributed by atoms with Crippen molar-refractivity contribution in [3.63, 3.8) is 0 Å². The van der Waals surface area contributed by atoms with E-state index in [1.807, 2.05) is 0 Å². The zero-order valence-electron chi connectivity index (χ0n) is 10.9. The molecular formula is C13H11NO6S. The first-order chi connectivity index (χ1) is 10.0. The molecule has 1 unspecified atom stereocenters. The number of fused-ring (bicyclic) bond motifs is 1. The number of benzene rings is 1. The molecule has 0 saturated heterocycles. The monoisotopic (exact) mass is 309 g/mol. The SMILES string of the molecule is CC(O)c1cc([N+](=O)[O-])c(Oc2ccc3c(c2)OCO3)s1. The Bertz CT molecular complexity index is 696. The molecule has 110 valence electrons. The van der Waals surface area contributed by atoms with E-state index in [1.54, 1.807) is 25.1 Å². The number of aliphatic hydroxyl groups excluding tert-OH is 1. The molecule has 0 bridgehead atoms. The van der Waals surface area contributed by atoms with Crippen LogP contribution in [0.2, 0.25) is 0 Å². The van der Waals surface area contributed by atoms with Gasteiger partial charge in [-0.05, 0) is 19.1 Å². The lowest BCUT2D eigenvalue weighted by molar-refractivity contribution is -0.385. The van der Waals surface area contributed by atoms with E-state index in [0.717, 1.165) is 11.3 Å². The third kappa shape index (κ3) is 2.63. The maximum Gasteiger partial charge on any atom is 0.323 e. The molecule has 21 heavy (non-hydrogen) atoms. The van der Waals surface area contributed by atoms with Crippen LogP contribution in [0.4, 0.5) is 5.69 Å². The van der Waals surface area contributed by atoms with Gasteiger partial charge in [0.25, 0.3) is 5.06 Å². The van der Waals surface area contributed by atoms with Crippen LogP contribution in [0.3, 0.4) is 0 Å². The molecule has 8 heteroatoms. The van der Waals surface area contributed by atoms with Crippen molar-refractivity contribution in [1.29, 1.82) is 0 Å². The summed E-state index contributed by atoms with van der Waals surface area (Å²) in [7, 11) is 0. The number of nitrogens with zero attached hydrogens (tertiary/aromatic N) is 1. The van der Waals surface area contributed by atoms with Crippen molar-refractivity contribution in [3.05, 3.63) is 39.3 Å². The number of nitro groups is 1. The summed E-state index contributed by atoms with van der Waals surface area (Å²) in [5.74, 6) is 1.54. The largest absolute Gasteiger partial charge is 0.454 e. The van der Waals surface area contributed by atoms with Crippen molar-refractivity contribution in [3.8, 4) is 22.3 Å². The first-order valence-corrected chi connectivity index (χ1v) is 6.90. The Morgan fingerprint density at radius 1 is 1.38 bits per heavy atom. The number of hydrogen-bond donors (Lipinski definition) is 1. The van der Waals surface area contributed by atoms with Crippen molar-refractivity contribution in [1.82, 2.24) is 0 Å². The highest BCUT2D eigenvalue weighted by atomic mass is 32.1. The van der Waals surface area contributed by atoms with Crippen molar-refractivity contribution < 1.29 is 24.2 Å². The molecule has 1 aliphatic rings. The third-order valence-corrected chi connectivity index (χ3v) is 4.03. The highest BCUT2D eigenvalue weighted by Crippen LogP contribution is 2.43. The molecule has 1 aromatic carbocycles. The molecule has 0 radical (unpaired) electrons. The van der Waals surface area contributed by atoms with Crippen molar-refractivity contribution in [2.24, 2.45) is 0 Å². The Labute approximate surface area is 123 Å². The molecule has 1 N–H and O–H groups in total. The number of hydrogen-bond acceptors (Lipinski definition) is 7. The van der Waals surface area contributed by atoms with E-state index >= 15 is 0 Å². The van der Waals surface area contributed by atoms with Gasteiger partial charge in [-0.3, -0.25) is 10.1 Å². The van der Waals surface area contributed by atoms with Gasteiger partial charge in [-0.25, -0.2) is 0 Å². The fourth-order valence-electron chi connectivity index (χ4n) is 1.84. The third-order valence-electron chi connectivity index (χ3n) is 2.86. The summed E-state index contributed by atoms with van der Waals surface area (Å²) >= 11 is 1.04. The smallest absolute Gasteiger partial charge is 0.323 e. The zero-order valence-corrected chi connectivity index (χ0v) is 11.8. The Balaban J connectivity index is 1.92. The van der Waals surface area contributed by atoms with Gasteiger partial charge in [0.2, 0.25) is 6.79 Å². The highest BCUT2D eigenvalue weighted by molar-refractivity contribution is 7.14. The van der Waals surface area contributed by atoms with E-state index in [1.165, 1.54) is 6.07 Å². The van der Waals surface area contributed by atoms with Gasteiger partial charge in [-0.2, -0.15) is 0 Å². The molecule has 7 nitrogen and oxygen atoms in total. The topological polar surface area (TPSA) is 91.1 Å². The molecule has 0 spiro atoms. The van der Waals surface area contributed by atoms with Crippen LogP contribution in [-0.4, -0.2) is 16.8 Å². The van der Waals surface area contributed by atoms with Gasteiger partial charge >= 0.3 is 5.69 Å². The van der Waals surface area contributed by atoms with E-state index in [9.17, 15) is 15.2 Å². The van der Waals surface area contributed by atoms with Crippen LogP contribution in [0.1, 0.15) is 17.9 Å². The standard InChI is InChI=1S/C13H11NO6S/c1-7(15)12-5-9(14(16)17)13(21-12)20-8-2-3-10-11(4-8)19-6-18-10/h2-5,7,15H,6H2,1H3. The fraction of sp³-hybridized carbons (Fsp3) is 0.231. The Hall–Kier alpha value is -2.32. The number of ether oxygens (including phenoxy) is 3. The quantitative estimate of drug-likeness (QED) is 0.688. The summed E-state index contributed by atoms with van der Waals surface area (Å²) in [6.45, 7) is 1.68. The van der Waals surface area contributed by atoms with Gasteiger partial charge in [0.1, 0.15) is 5.75 Å². The van der Waals surface area contributed by atoms with Crippen LogP contribution in [0.5, 0.6) is 22.3 Å². The van der Waals surface area contributed by atoms with Crippen LogP contribution >= 0.6 is 11.3 Å². The van der Waals surface area contributed by atoms with Crippen molar-refractivity contribution >= 4 is 17.0 Å². The first-order valence-electron chi connectivity index (χ1n) is 6.08. The minimum atomic E-state index is -0.789. The molecule has 1 atom stereocenters. The lowest BCUT2D eigenvalue weighted by atomic mass is 10.3. The first kappa shape index (κ1) is 13.7. The van der Waals surface area contributed by atoms with Crippen molar-refractivity contribution in [2.75, 3.05) is 6.79 Å². The molecule has 1 aromatic heterocycles. The van der Waals surface area contributed by atoms with Gasteiger partial charge < -0.3 is 19.3 Å². The predicted molar refractivity (Wildman–Crippen MR) is 74.2 cm³/mol. The Morgan fingerprint density at radius 2 is 2.14 bits per heavy atom. The Kier molecular flexibility index (Phi) is 3.40. The van der Waals surface area contributed by atoms with Crippen LogP contribution in [0.15, 0.2) is 24.3 Å².